The highest BCUT2D eigenvalue weighted by Gasteiger charge is 2.32. The fourth-order valence-corrected chi connectivity index (χ4v) is 13.8. The maximum atomic E-state index is 12.2. The SMILES string of the molecule is Oc1c(-c2ccccc2)cccc1-c1cccc(N(c2ccc(C3CCCCC3)cc2)c2c3ccccc3c(N(c3ccc(C4CCCCC4)cc3)c3cccc4c3oc3c(-c5ccccc5)cccc34)c3oc4ccccc4c23)c1. The van der Waals surface area contributed by atoms with E-state index in [9.17, 15) is 5.11 Å². The number of phenols is 1. The van der Waals surface area contributed by atoms with Crippen molar-refractivity contribution in [2.75, 3.05) is 9.80 Å². The zero-order valence-electron chi connectivity index (χ0n) is 45.4. The molecule has 2 saturated carbocycles. The average Bonchev–Trinajstić information content (AvgIpc) is 3.39. The predicted molar refractivity (Wildman–Crippen MR) is 337 cm³/mol. The summed E-state index contributed by atoms with van der Waals surface area (Å²) in [7, 11) is 0. The molecule has 1 N–H and O–H groups in total. The number of para-hydroxylation sites is 4. The Hall–Kier alpha value is -9.32. The van der Waals surface area contributed by atoms with Crippen molar-refractivity contribution in [3.8, 4) is 39.1 Å². The minimum atomic E-state index is 0.255. The van der Waals surface area contributed by atoms with Crippen molar-refractivity contribution >= 4 is 88.8 Å². The maximum absolute atomic E-state index is 12.2. The fraction of sp³-hybridized carbons (Fsp3) is 0.158. The molecule has 11 aromatic carbocycles. The molecule has 394 valence electrons. The van der Waals surface area contributed by atoms with Crippen LogP contribution in [-0.2, 0) is 0 Å². The topological polar surface area (TPSA) is 53.0 Å². The molecule has 0 atom stereocenters. The van der Waals surface area contributed by atoms with Crippen LogP contribution in [0.15, 0.2) is 245 Å². The Morgan fingerprint density at radius 2 is 0.815 bits per heavy atom. The smallest absolute Gasteiger partial charge is 0.162 e. The zero-order valence-corrected chi connectivity index (χ0v) is 45.4. The van der Waals surface area contributed by atoms with Crippen LogP contribution in [0.5, 0.6) is 5.75 Å². The Bertz CT molecular complexity index is 4430. The summed E-state index contributed by atoms with van der Waals surface area (Å²) in [6, 6.07) is 84.8. The first-order chi connectivity index (χ1) is 40.1. The molecule has 13 aromatic rings. The number of phenolic OH excluding ortho intramolecular Hbond substituents is 1. The minimum Gasteiger partial charge on any atom is -0.507 e. The number of aromatic hydroxyl groups is 1. The summed E-state index contributed by atoms with van der Waals surface area (Å²) >= 11 is 0. The molecule has 5 heteroatoms. The fourth-order valence-electron chi connectivity index (χ4n) is 13.8. The summed E-state index contributed by atoms with van der Waals surface area (Å²) in [5.74, 6) is 1.36. The number of nitrogens with zero attached hydrogens (tertiary/aromatic N) is 2. The first-order valence-electron chi connectivity index (χ1n) is 29.3. The van der Waals surface area contributed by atoms with Crippen LogP contribution in [0.1, 0.15) is 87.2 Å². The van der Waals surface area contributed by atoms with Crippen LogP contribution in [0.2, 0.25) is 0 Å². The van der Waals surface area contributed by atoms with Gasteiger partial charge >= 0.3 is 0 Å². The molecule has 2 heterocycles. The molecule has 0 spiro atoms. The number of fused-ring (bicyclic) bond motifs is 7. The van der Waals surface area contributed by atoms with Gasteiger partial charge in [0.05, 0.1) is 22.4 Å². The number of hydrogen-bond acceptors (Lipinski definition) is 5. The van der Waals surface area contributed by atoms with E-state index in [0.29, 0.717) is 11.8 Å². The van der Waals surface area contributed by atoms with E-state index >= 15 is 0 Å². The van der Waals surface area contributed by atoms with Gasteiger partial charge in [-0.05, 0) is 114 Å². The molecule has 0 unspecified atom stereocenters. The molecule has 0 amide bonds. The van der Waals surface area contributed by atoms with Gasteiger partial charge < -0.3 is 23.7 Å². The highest BCUT2D eigenvalue weighted by molar-refractivity contribution is 6.29. The van der Waals surface area contributed by atoms with E-state index in [2.05, 4.69) is 210 Å². The average molecular weight is 1050 g/mol. The van der Waals surface area contributed by atoms with Gasteiger partial charge in [-0.25, -0.2) is 0 Å². The standard InChI is InChI=1S/C76H62N2O3/c79-73-60(54-25-9-3-10-26-54)34-18-35-61(73)56-29-17-30-59(49-56)77(57-45-41-52(42-46-57)50-21-5-1-6-22-50)71-63-31-13-14-32-64(63)72(76-70(71)67-33-15-16-40-69(67)80-76)78(58-47-43-53(44-48-58)51-23-7-2-8-24-51)68-39-20-38-66-65-37-19-36-62(74(65)81-75(66)68)55-27-11-4-12-28-55/h3-4,9-20,25-51,79H,1-2,5-8,21-24H2. The zero-order chi connectivity index (χ0) is 53.8. The van der Waals surface area contributed by atoms with Gasteiger partial charge in [0.15, 0.2) is 11.2 Å². The second kappa shape index (κ2) is 20.7. The van der Waals surface area contributed by atoms with Crippen LogP contribution < -0.4 is 9.80 Å². The summed E-state index contributed by atoms with van der Waals surface area (Å²) in [6.45, 7) is 0. The first-order valence-corrected chi connectivity index (χ1v) is 29.3. The quantitative estimate of drug-likeness (QED) is 0.131. The van der Waals surface area contributed by atoms with Crippen molar-refractivity contribution in [2.24, 2.45) is 0 Å². The number of benzene rings is 11. The molecule has 2 aliphatic carbocycles. The van der Waals surface area contributed by atoms with Crippen molar-refractivity contribution < 1.29 is 13.9 Å². The second-order valence-corrected chi connectivity index (χ2v) is 22.5. The summed E-state index contributed by atoms with van der Waals surface area (Å²) in [5.41, 5.74) is 17.5. The monoisotopic (exact) mass is 1050 g/mol. The highest BCUT2D eigenvalue weighted by atomic mass is 16.3. The highest BCUT2D eigenvalue weighted by Crippen LogP contribution is 2.56. The van der Waals surface area contributed by atoms with Gasteiger partial charge in [-0.15, -0.1) is 0 Å². The number of rotatable bonds is 11. The van der Waals surface area contributed by atoms with Crippen molar-refractivity contribution in [1.29, 1.82) is 0 Å². The third-order valence-corrected chi connectivity index (χ3v) is 17.8. The number of hydrogen-bond donors (Lipinski definition) is 1. The molecule has 81 heavy (non-hydrogen) atoms. The van der Waals surface area contributed by atoms with Crippen LogP contribution in [0.25, 0.3) is 88.0 Å². The van der Waals surface area contributed by atoms with E-state index in [0.717, 1.165) is 122 Å². The van der Waals surface area contributed by atoms with Gasteiger partial charge in [-0.3, -0.25) is 0 Å². The van der Waals surface area contributed by atoms with Crippen molar-refractivity contribution in [3.05, 3.63) is 248 Å². The van der Waals surface area contributed by atoms with Crippen molar-refractivity contribution in [3.63, 3.8) is 0 Å². The Balaban J connectivity index is 1.00. The number of furan rings is 2. The Morgan fingerprint density at radius 1 is 0.333 bits per heavy atom. The third kappa shape index (κ3) is 8.62. The summed E-state index contributed by atoms with van der Waals surface area (Å²) < 4.78 is 14.8. The van der Waals surface area contributed by atoms with E-state index in [1.807, 2.05) is 36.4 Å². The predicted octanol–water partition coefficient (Wildman–Crippen LogP) is 22.4. The molecule has 2 aliphatic rings. The van der Waals surface area contributed by atoms with E-state index in [1.165, 1.54) is 75.3 Å². The largest absolute Gasteiger partial charge is 0.507 e. The minimum absolute atomic E-state index is 0.255. The summed E-state index contributed by atoms with van der Waals surface area (Å²) in [5, 5.41) is 18.4. The molecule has 0 saturated heterocycles. The Kier molecular flexibility index (Phi) is 12.5. The maximum Gasteiger partial charge on any atom is 0.162 e. The second-order valence-electron chi connectivity index (χ2n) is 22.5. The molecule has 2 fully saturated rings. The Morgan fingerprint density at radius 3 is 1.47 bits per heavy atom. The van der Waals surface area contributed by atoms with Gasteiger partial charge in [0.25, 0.3) is 0 Å². The lowest BCUT2D eigenvalue weighted by Crippen LogP contribution is -2.15. The number of anilines is 6. The first kappa shape index (κ1) is 48.8. The molecule has 2 aromatic heterocycles. The molecular formula is C76H62N2O3. The van der Waals surface area contributed by atoms with Gasteiger partial charge in [-0.1, -0.05) is 227 Å². The van der Waals surface area contributed by atoms with E-state index in [4.69, 9.17) is 8.83 Å². The van der Waals surface area contributed by atoms with Crippen molar-refractivity contribution in [1.82, 2.24) is 0 Å². The molecule has 0 aliphatic heterocycles. The van der Waals surface area contributed by atoms with Crippen molar-refractivity contribution in [2.45, 2.75) is 76.0 Å². The van der Waals surface area contributed by atoms with Gasteiger partial charge in [0.2, 0.25) is 0 Å². The summed E-state index contributed by atoms with van der Waals surface area (Å²) in [6.07, 6.45) is 12.6. The summed E-state index contributed by atoms with van der Waals surface area (Å²) in [4.78, 5) is 4.86. The lowest BCUT2D eigenvalue weighted by Gasteiger charge is -2.32. The van der Waals surface area contributed by atoms with Gasteiger partial charge in [0.1, 0.15) is 16.9 Å². The van der Waals surface area contributed by atoms with E-state index in [-0.39, 0.29) is 5.75 Å². The van der Waals surface area contributed by atoms with Crippen LogP contribution in [-0.4, -0.2) is 5.11 Å². The molecular weight excluding hydrogens is 989 g/mol. The van der Waals surface area contributed by atoms with Crippen LogP contribution in [0.3, 0.4) is 0 Å². The van der Waals surface area contributed by atoms with Crippen LogP contribution in [0.4, 0.5) is 34.1 Å². The Labute approximate surface area is 473 Å². The van der Waals surface area contributed by atoms with Crippen LogP contribution >= 0.6 is 0 Å². The molecule has 0 bridgehead atoms. The normalized spacial score (nSPS) is 14.4. The lowest BCUT2D eigenvalue weighted by molar-refractivity contribution is 0.443. The van der Waals surface area contributed by atoms with E-state index in [1.54, 1.807) is 0 Å². The van der Waals surface area contributed by atoms with Crippen LogP contribution in [0, 0.1) is 0 Å². The molecule has 15 rings (SSSR count). The van der Waals surface area contributed by atoms with Gasteiger partial charge in [-0.2, -0.15) is 0 Å². The van der Waals surface area contributed by atoms with Gasteiger partial charge in [0, 0.05) is 60.7 Å². The third-order valence-electron chi connectivity index (χ3n) is 17.8. The molecule has 5 nitrogen and oxygen atoms in total. The molecule has 0 radical (unpaired) electrons. The van der Waals surface area contributed by atoms with E-state index < -0.39 is 0 Å². The lowest BCUT2D eigenvalue weighted by atomic mass is 9.84.